The van der Waals surface area contributed by atoms with Gasteiger partial charge in [0.15, 0.2) is 0 Å². The van der Waals surface area contributed by atoms with Crippen LogP contribution in [-0.2, 0) is 0 Å². The van der Waals surface area contributed by atoms with Crippen molar-refractivity contribution in [2.75, 3.05) is 18.5 Å². The minimum atomic E-state index is -0.394. The molecule has 14 heavy (non-hydrogen) atoms. The number of benzene rings is 1. The third-order valence-corrected chi connectivity index (χ3v) is 2.33. The van der Waals surface area contributed by atoms with E-state index in [0.29, 0.717) is 11.3 Å². The number of nitrogens with two attached hydrogens (primary N) is 2. The number of hydrogen-bond donors (Lipinski definition) is 2. The van der Waals surface area contributed by atoms with Crippen molar-refractivity contribution in [3.63, 3.8) is 0 Å². The van der Waals surface area contributed by atoms with Crippen molar-refractivity contribution in [1.82, 2.24) is 4.90 Å². The average Bonchev–Trinajstić information content (AvgIpc) is 2.38. The smallest absolute Gasteiger partial charge is 0.263 e. The van der Waals surface area contributed by atoms with Crippen LogP contribution in [0.5, 0.6) is 0 Å². The Morgan fingerprint density at radius 3 is 2.43 bits per heavy atom. The molecule has 1 aromatic carbocycles. The molecular formula is C9H9N3O2. The molecule has 0 aromatic heterocycles. The lowest BCUT2D eigenvalue weighted by molar-refractivity contribution is 0.0693. The molecule has 0 bridgehead atoms. The molecule has 0 saturated heterocycles. The summed E-state index contributed by atoms with van der Waals surface area (Å²) in [5.41, 5.74) is 12.2. The number of hydrogen-bond acceptors (Lipinski definition) is 4. The van der Waals surface area contributed by atoms with Crippen molar-refractivity contribution in [3.8, 4) is 0 Å². The largest absolute Gasteiger partial charge is 0.397 e. The summed E-state index contributed by atoms with van der Waals surface area (Å²) in [6, 6.07) is 3.04. The third-order valence-electron chi connectivity index (χ3n) is 2.33. The Morgan fingerprint density at radius 1 is 1.14 bits per heavy atom. The lowest BCUT2D eigenvalue weighted by Crippen LogP contribution is -2.24. The molecular weight excluding hydrogens is 182 g/mol. The zero-order chi connectivity index (χ0) is 10.5. The van der Waals surface area contributed by atoms with Crippen molar-refractivity contribution in [3.05, 3.63) is 23.3 Å². The molecule has 72 valence electrons. The van der Waals surface area contributed by atoms with Crippen LogP contribution in [0.1, 0.15) is 20.7 Å². The molecule has 0 spiro atoms. The first-order valence-corrected chi connectivity index (χ1v) is 4.04. The summed E-state index contributed by atoms with van der Waals surface area (Å²) in [6.45, 7) is 0. The van der Waals surface area contributed by atoms with Crippen molar-refractivity contribution in [2.24, 2.45) is 0 Å². The normalized spacial score (nSPS) is 14.8. The van der Waals surface area contributed by atoms with Gasteiger partial charge in [-0.2, -0.15) is 0 Å². The lowest BCUT2D eigenvalue weighted by Gasteiger charge is -2.04. The molecule has 5 heteroatoms. The second kappa shape index (κ2) is 2.47. The fourth-order valence-corrected chi connectivity index (χ4v) is 1.48. The Labute approximate surface area is 80.3 Å². The SMILES string of the molecule is CN1C(=O)c2ccc(N)c(N)c2C1=O. The molecule has 0 fully saturated rings. The molecule has 0 radical (unpaired) electrons. The van der Waals surface area contributed by atoms with Gasteiger partial charge in [0.1, 0.15) is 0 Å². The summed E-state index contributed by atoms with van der Waals surface area (Å²) in [6.07, 6.45) is 0. The molecule has 2 amide bonds. The summed E-state index contributed by atoms with van der Waals surface area (Å²) < 4.78 is 0. The van der Waals surface area contributed by atoms with Crippen LogP contribution in [0.25, 0.3) is 0 Å². The van der Waals surface area contributed by atoms with E-state index in [-0.39, 0.29) is 17.2 Å². The lowest BCUT2D eigenvalue weighted by atomic mass is 10.1. The van der Waals surface area contributed by atoms with Crippen molar-refractivity contribution >= 4 is 23.2 Å². The maximum absolute atomic E-state index is 11.5. The Morgan fingerprint density at radius 2 is 1.79 bits per heavy atom. The van der Waals surface area contributed by atoms with Crippen LogP contribution < -0.4 is 11.5 Å². The van der Waals surface area contributed by atoms with Gasteiger partial charge in [-0.25, -0.2) is 0 Å². The minimum Gasteiger partial charge on any atom is -0.397 e. The number of amides is 2. The van der Waals surface area contributed by atoms with E-state index < -0.39 is 5.91 Å². The monoisotopic (exact) mass is 191 g/mol. The van der Waals surface area contributed by atoms with E-state index in [9.17, 15) is 9.59 Å². The topological polar surface area (TPSA) is 89.4 Å². The van der Waals surface area contributed by atoms with Gasteiger partial charge in [-0.15, -0.1) is 0 Å². The summed E-state index contributed by atoms with van der Waals surface area (Å²) in [7, 11) is 1.42. The highest BCUT2D eigenvalue weighted by Gasteiger charge is 2.34. The van der Waals surface area contributed by atoms with Crippen LogP contribution in [0.3, 0.4) is 0 Å². The van der Waals surface area contributed by atoms with E-state index in [1.165, 1.54) is 19.2 Å². The molecule has 0 aliphatic carbocycles. The first-order chi connectivity index (χ1) is 6.54. The van der Waals surface area contributed by atoms with Crippen LogP contribution in [0, 0.1) is 0 Å². The fourth-order valence-electron chi connectivity index (χ4n) is 1.48. The van der Waals surface area contributed by atoms with Crippen LogP contribution in [-0.4, -0.2) is 23.8 Å². The summed E-state index contributed by atoms with van der Waals surface area (Å²) in [5, 5.41) is 0. The summed E-state index contributed by atoms with van der Waals surface area (Å²) in [5.74, 6) is -0.730. The summed E-state index contributed by atoms with van der Waals surface area (Å²) >= 11 is 0. The van der Waals surface area contributed by atoms with Gasteiger partial charge < -0.3 is 11.5 Å². The van der Waals surface area contributed by atoms with E-state index in [1.807, 2.05) is 0 Å². The van der Waals surface area contributed by atoms with Gasteiger partial charge in [0.2, 0.25) is 0 Å². The Bertz CT molecular complexity index is 454. The van der Waals surface area contributed by atoms with Gasteiger partial charge in [-0.05, 0) is 12.1 Å². The molecule has 5 nitrogen and oxygen atoms in total. The Balaban J connectivity index is 2.76. The average molecular weight is 191 g/mol. The number of imide groups is 1. The molecule has 4 N–H and O–H groups in total. The number of carbonyl (C=O) groups is 2. The second-order valence-electron chi connectivity index (χ2n) is 3.16. The van der Waals surface area contributed by atoms with Gasteiger partial charge in [0, 0.05) is 7.05 Å². The highest BCUT2D eigenvalue weighted by atomic mass is 16.2. The van der Waals surface area contributed by atoms with Gasteiger partial charge in [-0.3, -0.25) is 14.5 Å². The predicted molar refractivity (Wildman–Crippen MR) is 51.7 cm³/mol. The fraction of sp³-hybridized carbons (Fsp3) is 0.111. The molecule has 0 saturated carbocycles. The molecule has 1 aliphatic heterocycles. The summed E-state index contributed by atoms with van der Waals surface area (Å²) in [4.78, 5) is 24.1. The van der Waals surface area contributed by atoms with Gasteiger partial charge in [0.05, 0.1) is 22.5 Å². The standard InChI is InChI=1S/C9H9N3O2/c1-12-8(13)4-2-3-5(10)7(11)6(4)9(12)14/h2-3H,10-11H2,1H3. The van der Waals surface area contributed by atoms with Crippen LogP contribution in [0.4, 0.5) is 11.4 Å². The van der Waals surface area contributed by atoms with E-state index >= 15 is 0 Å². The van der Waals surface area contributed by atoms with E-state index in [0.717, 1.165) is 4.90 Å². The molecule has 2 rings (SSSR count). The third kappa shape index (κ3) is 0.834. The number of nitrogens with zero attached hydrogens (tertiary/aromatic N) is 1. The second-order valence-corrected chi connectivity index (χ2v) is 3.16. The van der Waals surface area contributed by atoms with Gasteiger partial charge >= 0.3 is 0 Å². The molecule has 1 heterocycles. The number of rotatable bonds is 0. The van der Waals surface area contributed by atoms with E-state index in [2.05, 4.69) is 0 Å². The van der Waals surface area contributed by atoms with Crippen LogP contribution in [0.15, 0.2) is 12.1 Å². The zero-order valence-corrected chi connectivity index (χ0v) is 7.57. The Kier molecular flexibility index (Phi) is 1.51. The molecule has 1 aliphatic rings. The number of fused-ring (bicyclic) bond motifs is 1. The van der Waals surface area contributed by atoms with E-state index in [1.54, 1.807) is 0 Å². The first-order valence-electron chi connectivity index (χ1n) is 4.04. The Hall–Kier alpha value is -2.04. The van der Waals surface area contributed by atoms with Gasteiger partial charge in [0.25, 0.3) is 11.8 Å². The molecule has 0 unspecified atom stereocenters. The maximum Gasteiger partial charge on any atom is 0.263 e. The molecule has 1 aromatic rings. The highest BCUT2D eigenvalue weighted by Crippen LogP contribution is 2.30. The first kappa shape index (κ1) is 8.55. The van der Waals surface area contributed by atoms with Gasteiger partial charge in [-0.1, -0.05) is 0 Å². The number of carbonyl (C=O) groups excluding carboxylic acids is 2. The van der Waals surface area contributed by atoms with Crippen molar-refractivity contribution in [2.45, 2.75) is 0 Å². The molecule has 0 atom stereocenters. The predicted octanol–water partition coefficient (Wildman–Crippen LogP) is 0.0768. The quantitative estimate of drug-likeness (QED) is 0.448. The number of nitrogen functional groups attached to an aromatic ring is 2. The zero-order valence-electron chi connectivity index (χ0n) is 7.57. The van der Waals surface area contributed by atoms with Crippen molar-refractivity contribution < 1.29 is 9.59 Å². The van der Waals surface area contributed by atoms with E-state index in [4.69, 9.17) is 11.5 Å². The number of anilines is 2. The van der Waals surface area contributed by atoms with Crippen LogP contribution >= 0.6 is 0 Å². The minimum absolute atomic E-state index is 0.185. The highest BCUT2D eigenvalue weighted by molar-refractivity contribution is 6.24. The van der Waals surface area contributed by atoms with Crippen LogP contribution in [0.2, 0.25) is 0 Å². The maximum atomic E-state index is 11.5. The van der Waals surface area contributed by atoms with Crippen molar-refractivity contribution in [1.29, 1.82) is 0 Å².